The molecule has 17 heavy (non-hydrogen) atoms. The molecule has 2 heteroatoms. The van der Waals surface area contributed by atoms with Gasteiger partial charge in [0.1, 0.15) is 0 Å². The van der Waals surface area contributed by atoms with Crippen LogP contribution in [0.3, 0.4) is 0 Å². The van der Waals surface area contributed by atoms with Gasteiger partial charge < -0.3 is 5.73 Å². The van der Waals surface area contributed by atoms with Crippen LogP contribution in [0.1, 0.15) is 55.8 Å². The van der Waals surface area contributed by atoms with Crippen molar-refractivity contribution in [3.05, 3.63) is 41.2 Å². The number of nitrogens with two attached hydrogens (primary N) is 1. The van der Waals surface area contributed by atoms with Crippen LogP contribution in [0.2, 0.25) is 0 Å². The monoisotopic (exact) mass is 230 g/mol. The molecule has 1 heterocycles. The Morgan fingerprint density at radius 3 is 2.88 bits per heavy atom. The van der Waals surface area contributed by atoms with E-state index in [4.69, 9.17) is 5.73 Å². The number of pyridine rings is 1. The summed E-state index contributed by atoms with van der Waals surface area (Å²) in [6.45, 7) is 2.09. The van der Waals surface area contributed by atoms with E-state index in [1.165, 1.54) is 43.2 Å². The molecule has 0 aliphatic heterocycles. The Hall–Kier alpha value is -1.15. The maximum atomic E-state index is 6.33. The first-order chi connectivity index (χ1) is 8.27. The molecule has 2 nitrogen and oxygen atoms in total. The molecule has 0 saturated carbocycles. The summed E-state index contributed by atoms with van der Waals surface area (Å²) in [5.74, 6) is 0. The number of aryl methyl sites for hydroxylation is 1. The smallest absolute Gasteiger partial charge is 0.0685 e. The average molecular weight is 230 g/mol. The van der Waals surface area contributed by atoms with Crippen molar-refractivity contribution < 1.29 is 0 Å². The number of nitrogens with zero attached hydrogens (tertiary/aromatic N) is 1. The summed E-state index contributed by atoms with van der Waals surface area (Å²) < 4.78 is 0. The predicted octanol–water partition coefficient (Wildman–Crippen LogP) is 3.67. The van der Waals surface area contributed by atoms with Crippen molar-refractivity contribution in [2.75, 3.05) is 0 Å². The van der Waals surface area contributed by atoms with Crippen LogP contribution in [0.5, 0.6) is 0 Å². The minimum Gasteiger partial charge on any atom is -0.319 e. The summed E-state index contributed by atoms with van der Waals surface area (Å²) >= 11 is 0. The van der Waals surface area contributed by atoms with Gasteiger partial charge in [0.25, 0.3) is 0 Å². The number of allylic oxidation sites excluding steroid dienone is 1. The van der Waals surface area contributed by atoms with Gasteiger partial charge in [-0.25, -0.2) is 0 Å². The van der Waals surface area contributed by atoms with Crippen LogP contribution in [0, 0.1) is 6.92 Å². The van der Waals surface area contributed by atoms with Gasteiger partial charge in [0.05, 0.1) is 11.7 Å². The summed E-state index contributed by atoms with van der Waals surface area (Å²) in [4.78, 5) is 4.40. The molecule has 0 bridgehead atoms. The lowest BCUT2D eigenvalue weighted by Gasteiger charge is -2.18. The first-order valence-electron chi connectivity index (χ1n) is 6.64. The fourth-order valence-corrected chi connectivity index (χ4v) is 2.42. The lowest BCUT2D eigenvalue weighted by atomic mass is 9.93. The molecule has 1 aromatic heterocycles. The average Bonchev–Trinajstić information content (AvgIpc) is 2.28. The van der Waals surface area contributed by atoms with Gasteiger partial charge in [-0.3, -0.25) is 4.98 Å². The number of hydrogen-bond donors (Lipinski definition) is 1. The van der Waals surface area contributed by atoms with Crippen molar-refractivity contribution in [2.45, 2.75) is 51.5 Å². The molecule has 1 aliphatic carbocycles. The second-order valence-corrected chi connectivity index (χ2v) is 4.97. The van der Waals surface area contributed by atoms with Crippen LogP contribution in [0.4, 0.5) is 0 Å². The van der Waals surface area contributed by atoms with Crippen molar-refractivity contribution in [3.8, 4) is 0 Å². The van der Waals surface area contributed by atoms with E-state index < -0.39 is 0 Å². The topological polar surface area (TPSA) is 38.9 Å². The molecule has 2 rings (SSSR count). The van der Waals surface area contributed by atoms with Gasteiger partial charge in [0.2, 0.25) is 0 Å². The second kappa shape index (κ2) is 5.97. The van der Waals surface area contributed by atoms with E-state index in [-0.39, 0.29) is 6.04 Å². The van der Waals surface area contributed by atoms with Gasteiger partial charge in [-0.1, -0.05) is 24.5 Å². The highest BCUT2D eigenvalue weighted by Gasteiger charge is 2.14. The first-order valence-corrected chi connectivity index (χ1v) is 6.64. The van der Waals surface area contributed by atoms with Gasteiger partial charge in [-0.05, 0) is 50.3 Å². The van der Waals surface area contributed by atoms with Gasteiger partial charge in [-0.2, -0.15) is 0 Å². The van der Waals surface area contributed by atoms with E-state index in [0.717, 1.165) is 12.1 Å². The molecule has 1 aliphatic rings. The minimum atomic E-state index is -0.00648. The van der Waals surface area contributed by atoms with Crippen LogP contribution in [-0.2, 0) is 0 Å². The fourth-order valence-electron chi connectivity index (χ4n) is 2.42. The molecule has 92 valence electrons. The van der Waals surface area contributed by atoms with E-state index in [2.05, 4.69) is 24.1 Å². The third kappa shape index (κ3) is 3.40. The zero-order chi connectivity index (χ0) is 12.1. The summed E-state index contributed by atoms with van der Waals surface area (Å²) in [5.41, 5.74) is 9.95. The highest BCUT2D eigenvalue weighted by atomic mass is 14.8. The zero-order valence-corrected chi connectivity index (χ0v) is 10.7. The minimum absolute atomic E-state index is 0.00648. The fraction of sp³-hybridized carbons (Fsp3) is 0.533. The van der Waals surface area contributed by atoms with Crippen molar-refractivity contribution >= 4 is 0 Å². The Morgan fingerprint density at radius 1 is 1.24 bits per heavy atom. The molecule has 0 aromatic carbocycles. The molecule has 0 radical (unpaired) electrons. The van der Waals surface area contributed by atoms with Crippen molar-refractivity contribution in [1.82, 2.24) is 4.98 Å². The number of rotatable bonds is 2. The highest BCUT2D eigenvalue weighted by Crippen LogP contribution is 2.26. The summed E-state index contributed by atoms with van der Waals surface area (Å²) in [6, 6.07) is 4.11. The Kier molecular flexibility index (Phi) is 4.32. The van der Waals surface area contributed by atoms with E-state index in [1.54, 1.807) is 0 Å². The maximum absolute atomic E-state index is 6.33. The SMILES string of the molecule is Cc1ccnc(C(N)/C2=C/CCCCCC2)c1. The highest BCUT2D eigenvalue weighted by molar-refractivity contribution is 5.25. The van der Waals surface area contributed by atoms with Crippen LogP contribution in [0.25, 0.3) is 0 Å². The van der Waals surface area contributed by atoms with E-state index in [0.29, 0.717) is 0 Å². The molecule has 0 spiro atoms. The maximum Gasteiger partial charge on any atom is 0.0685 e. The summed E-state index contributed by atoms with van der Waals surface area (Å²) in [5, 5.41) is 0. The Labute approximate surface area is 104 Å². The molecular weight excluding hydrogens is 208 g/mol. The molecule has 1 unspecified atom stereocenters. The molecular formula is C15H22N2. The largest absolute Gasteiger partial charge is 0.319 e. The van der Waals surface area contributed by atoms with Crippen molar-refractivity contribution in [1.29, 1.82) is 0 Å². The van der Waals surface area contributed by atoms with Gasteiger partial charge in [0, 0.05) is 6.20 Å². The number of hydrogen-bond acceptors (Lipinski definition) is 2. The molecule has 2 N–H and O–H groups in total. The third-order valence-electron chi connectivity index (χ3n) is 3.48. The van der Waals surface area contributed by atoms with Crippen LogP contribution in [-0.4, -0.2) is 4.98 Å². The standard InChI is InChI=1S/C15H22N2/c1-12-9-10-17-14(11-12)15(16)13-7-5-3-2-4-6-8-13/h7,9-11,15H,2-6,8,16H2,1H3/b13-7+. The van der Waals surface area contributed by atoms with Gasteiger partial charge in [-0.15, -0.1) is 0 Å². The molecule has 0 saturated heterocycles. The molecule has 0 amide bonds. The lowest BCUT2D eigenvalue weighted by molar-refractivity contribution is 0.599. The van der Waals surface area contributed by atoms with Crippen LogP contribution >= 0.6 is 0 Å². The predicted molar refractivity (Wildman–Crippen MR) is 71.7 cm³/mol. The normalized spacial score (nSPS) is 22.1. The Morgan fingerprint density at radius 2 is 2.06 bits per heavy atom. The zero-order valence-electron chi connectivity index (χ0n) is 10.7. The lowest BCUT2D eigenvalue weighted by Crippen LogP contribution is -2.15. The van der Waals surface area contributed by atoms with Crippen molar-refractivity contribution in [3.63, 3.8) is 0 Å². The summed E-state index contributed by atoms with van der Waals surface area (Å²) in [7, 11) is 0. The first kappa shape index (κ1) is 12.3. The molecule has 1 atom stereocenters. The Bertz CT molecular complexity index is 396. The molecule has 1 aromatic rings. The van der Waals surface area contributed by atoms with Gasteiger partial charge >= 0.3 is 0 Å². The summed E-state index contributed by atoms with van der Waals surface area (Å²) in [6.07, 6.45) is 11.8. The Balaban J connectivity index is 2.14. The van der Waals surface area contributed by atoms with Gasteiger partial charge in [0.15, 0.2) is 0 Å². The number of aromatic nitrogens is 1. The van der Waals surface area contributed by atoms with E-state index >= 15 is 0 Å². The second-order valence-electron chi connectivity index (χ2n) is 4.97. The van der Waals surface area contributed by atoms with Crippen LogP contribution in [0.15, 0.2) is 30.0 Å². The van der Waals surface area contributed by atoms with E-state index in [9.17, 15) is 0 Å². The quantitative estimate of drug-likeness (QED) is 0.787. The van der Waals surface area contributed by atoms with Crippen LogP contribution < -0.4 is 5.73 Å². The van der Waals surface area contributed by atoms with E-state index in [1.807, 2.05) is 12.3 Å². The molecule has 0 fully saturated rings. The third-order valence-corrected chi connectivity index (χ3v) is 3.48. The van der Waals surface area contributed by atoms with Crippen molar-refractivity contribution in [2.24, 2.45) is 5.73 Å².